The molecule has 1 aliphatic rings. The van der Waals surface area contributed by atoms with Gasteiger partial charge in [-0.15, -0.1) is 0 Å². The zero-order valence-corrected chi connectivity index (χ0v) is 12.9. The van der Waals surface area contributed by atoms with Crippen LogP contribution in [0.2, 0.25) is 0 Å². The van der Waals surface area contributed by atoms with Gasteiger partial charge in [-0.25, -0.2) is 0 Å². The molecule has 0 aliphatic carbocycles. The minimum atomic E-state index is 0.105. The molecule has 2 rings (SSSR count). The van der Waals surface area contributed by atoms with Gasteiger partial charge >= 0.3 is 0 Å². The molecule has 0 radical (unpaired) electrons. The number of carbonyl (C=O) groups excluding carboxylic acids is 1. The van der Waals surface area contributed by atoms with E-state index in [9.17, 15) is 4.79 Å². The lowest BCUT2D eigenvalue weighted by Gasteiger charge is -2.23. The molecule has 4 heteroatoms. The van der Waals surface area contributed by atoms with Crippen LogP contribution in [0, 0.1) is 6.92 Å². The van der Waals surface area contributed by atoms with Crippen LogP contribution >= 0.6 is 15.9 Å². The van der Waals surface area contributed by atoms with Gasteiger partial charge in [-0.2, -0.15) is 0 Å². The van der Waals surface area contributed by atoms with Crippen molar-refractivity contribution in [2.24, 2.45) is 0 Å². The van der Waals surface area contributed by atoms with Gasteiger partial charge in [-0.1, -0.05) is 28.4 Å². The summed E-state index contributed by atoms with van der Waals surface area (Å²) in [5.41, 5.74) is 1.99. The lowest BCUT2D eigenvalue weighted by atomic mass is 10.0. The van der Waals surface area contributed by atoms with Crippen LogP contribution in [0.4, 0.5) is 5.69 Å². The van der Waals surface area contributed by atoms with Crippen molar-refractivity contribution in [1.29, 1.82) is 0 Å². The van der Waals surface area contributed by atoms with Crippen LogP contribution in [0.1, 0.15) is 37.7 Å². The summed E-state index contributed by atoms with van der Waals surface area (Å²) < 4.78 is 0.988. The van der Waals surface area contributed by atoms with Crippen LogP contribution in [0.3, 0.4) is 0 Å². The molecule has 104 valence electrons. The number of benzene rings is 1. The maximum atomic E-state index is 12.0. The summed E-state index contributed by atoms with van der Waals surface area (Å²) in [6.45, 7) is 3.10. The van der Waals surface area contributed by atoms with Crippen LogP contribution < -0.4 is 10.6 Å². The van der Waals surface area contributed by atoms with Crippen molar-refractivity contribution in [3.8, 4) is 0 Å². The smallest absolute Gasteiger partial charge is 0.224 e. The third-order valence-corrected chi connectivity index (χ3v) is 4.10. The van der Waals surface area contributed by atoms with Crippen molar-refractivity contribution in [1.82, 2.24) is 5.32 Å². The number of hydrogen-bond acceptors (Lipinski definition) is 2. The molecular weight excluding hydrogens is 304 g/mol. The first-order valence-corrected chi connectivity index (χ1v) is 7.74. The second-order valence-corrected chi connectivity index (χ2v) is 6.11. The van der Waals surface area contributed by atoms with Crippen molar-refractivity contribution < 1.29 is 4.79 Å². The molecule has 0 spiro atoms. The van der Waals surface area contributed by atoms with E-state index in [4.69, 9.17) is 0 Å². The standard InChI is InChI=1S/C15H21BrN2O/c1-11-5-6-12(16)10-14(11)18-15(19)8-7-13-4-2-3-9-17-13/h5-6,10,13,17H,2-4,7-9H2,1H3,(H,18,19). The summed E-state index contributed by atoms with van der Waals surface area (Å²) in [5, 5.41) is 6.47. The predicted octanol–water partition coefficient (Wildman–Crippen LogP) is 3.62. The summed E-state index contributed by atoms with van der Waals surface area (Å²) in [6.07, 6.45) is 5.26. The number of rotatable bonds is 4. The van der Waals surface area contributed by atoms with Gasteiger partial charge in [0, 0.05) is 22.6 Å². The number of amides is 1. The highest BCUT2D eigenvalue weighted by Gasteiger charge is 2.14. The van der Waals surface area contributed by atoms with Crippen molar-refractivity contribution in [3.05, 3.63) is 28.2 Å². The Morgan fingerprint density at radius 1 is 1.47 bits per heavy atom. The summed E-state index contributed by atoms with van der Waals surface area (Å²) in [5.74, 6) is 0.105. The van der Waals surface area contributed by atoms with Crippen LogP contribution in [-0.2, 0) is 4.79 Å². The summed E-state index contributed by atoms with van der Waals surface area (Å²) >= 11 is 3.43. The van der Waals surface area contributed by atoms with E-state index in [-0.39, 0.29) is 5.91 Å². The van der Waals surface area contributed by atoms with Gasteiger partial charge in [0.2, 0.25) is 5.91 Å². The Kier molecular flexibility index (Phi) is 5.40. The molecule has 1 amide bonds. The Morgan fingerprint density at radius 3 is 3.05 bits per heavy atom. The Balaban J connectivity index is 1.81. The molecule has 1 heterocycles. The second kappa shape index (κ2) is 7.06. The van der Waals surface area contributed by atoms with E-state index in [0.29, 0.717) is 12.5 Å². The zero-order chi connectivity index (χ0) is 13.7. The minimum Gasteiger partial charge on any atom is -0.326 e. The molecule has 1 atom stereocenters. The molecule has 1 unspecified atom stereocenters. The molecule has 1 fully saturated rings. The predicted molar refractivity (Wildman–Crippen MR) is 82.4 cm³/mol. The van der Waals surface area contributed by atoms with E-state index in [1.807, 2.05) is 25.1 Å². The van der Waals surface area contributed by atoms with E-state index in [1.54, 1.807) is 0 Å². The van der Waals surface area contributed by atoms with Crippen molar-refractivity contribution in [3.63, 3.8) is 0 Å². The SMILES string of the molecule is Cc1ccc(Br)cc1NC(=O)CCC1CCCCN1. The first-order valence-electron chi connectivity index (χ1n) is 6.94. The molecule has 1 aromatic rings. The maximum Gasteiger partial charge on any atom is 0.224 e. The Hall–Kier alpha value is -0.870. The third-order valence-electron chi connectivity index (χ3n) is 3.61. The second-order valence-electron chi connectivity index (χ2n) is 5.19. The fourth-order valence-corrected chi connectivity index (χ4v) is 2.78. The zero-order valence-electron chi connectivity index (χ0n) is 11.3. The van der Waals surface area contributed by atoms with Gasteiger partial charge in [-0.3, -0.25) is 4.79 Å². The largest absolute Gasteiger partial charge is 0.326 e. The quantitative estimate of drug-likeness (QED) is 0.888. The highest BCUT2D eigenvalue weighted by molar-refractivity contribution is 9.10. The molecule has 0 aromatic heterocycles. The van der Waals surface area contributed by atoms with Crippen LogP contribution in [0.5, 0.6) is 0 Å². The van der Waals surface area contributed by atoms with Gasteiger partial charge in [0.25, 0.3) is 0 Å². The average Bonchev–Trinajstić information content (AvgIpc) is 2.42. The fraction of sp³-hybridized carbons (Fsp3) is 0.533. The molecule has 19 heavy (non-hydrogen) atoms. The lowest BCUT2D eigenvalue weighted by molar-refractivity contribution is -0.116. The first kappa shape index (κ1) is 14.5. The molecule has 0 bridgehead atoms. The number of anilines is 1. The fourth-order valence-electron chi connectivity index (χ4n) is 2.42. The Bertz CT molecular complexity index is 442. The number of carbonyl (C=O) groups is 1. The van der Waals surface area contributed by atoms with Gasteiger partial charge in [0.15, 0.2) is 0 Å². The highest BCUT2D eigenvalue weighted by atomic mass is 79.9. The van der Waals surface area contributed by atoms with Gasteiger partial charge in [0.1, 0.15) is 0 Å². The average molecular weight is 325 g/mol. The van der Waals surface area contributed by atoms with Crippen molar-refractivity contribution >= 4 is 27.5 Å². The topological polar surface area (TPSA) is 41.1 Å². The molecule has 1 aliphatic heterocycles. The van der Waals surface area contributed by atoms with Crippen LogP contribution in [-0.4, -0.2) is 18.5 Å². The minimum absolute atomic E-state index is 0.105. The van der Waals surface area contributed by atoms with Gasteiger partial charge in [0.05, 0.1) is 0 Å². The summed E-state index contributed by atoms with van der Waals surface area (Å²) in [6, 6.07) is 6.45. The molecule has 1 saturated heterocycles. The number of piperidine rings is 1. The lowest BCUT2D eigenvalue weighted by Crippen LogP contribution is -2.34. The monoisotopic (exact) mass is 324 g/mol. The maximum absolute atomic E-state index is 12.0. The first-order chi connectivity index (χ1) is 9.15. The van der Waals surface area contributed by atoms with E-state index in [0.717, 1.165) is 28.7 Å². The summed E-state index contributed by atoms with van der Waals surface area (Å²) in [7, 11) is 0. The Labute approximate surface area is 123 Å². The van der Waals surface area contributed by atoms with E-state index in [1.165, 1.54) is 19.3 Å². The van der Waals surface area contributed by atoms with E-state index >= 15 is 0 Å². The third kappa shape index (κ3) is 4.62. The van der Waals surface area contributed by atoms with Crippen LogP contribution in [0.25, 0.3) is 0 Å². The number of nitrogens with one attached hydrogen (secondary N) is 2. The van der Waals surface area contributed by atoms with E-state index < -0.39 is 0 Å². The van der Waals surface area contributed by atoms with Crippen molar-refractivity contribution in [2.75, 3.05) is 11.9 Å². The normalized spacial score (nSPS) is 19.2. The molecular formula is C15H21BrN2O. The van der Waals surface area contributed by atoms with Crippen LogP contribution in [0.15, 0.2) is 22.7 Å². The van der Waals surface area contributed by atoms with Crippen molar-refractivity contribution in [2.45, 2.75) is 45.1 Å². The number of aryl methyl sites for hydroxylation is 1. The summed E-state index contributed by atoms with van der Waals surface area (Å²) in [4.78, 5) is 12.0. The van der Waals surface area contributed by atoms with Gasteiger partial charge in [-0.05, 0) is 50.4 Å². The number of hydrogen-bond donors (Lipinski definition) is 2. The van der Waals surface area contributed by atoms with E-state index in [2.05, 4.69) is 26.6 Å². The molecule has 1 aromatic carbocycles. The molecule has 0 saturated carbocycles. The van der Waals surface area contributed by atoms with Gasteiger partial charge < -0.3 is 10.6 Å². The Morgan fingerprint density at radius 2 is 2.32 bits per heavy atom. The molecule has 3 nitrogen and oxygen atoms in total. The highest BCUT2D eigenvalue weighted by Crippen LogP contribution is 2.21. The number of halogens is 1. The molecule has 2 N–H and O–H groups in total.